The van der Waals surface area contributed by atoms with Crippen LogP contribution in [0.3, 0.4) is 0 Å². The molecule has 0 amide bonds. The molecule has 0 aromatic heterocycles. The highest BCUT2D eigenvalue weighted by Gasteiger charge is 2.29. The van der Waals surface area contributed by atoms with Crippen LogP contribution in [0.2, 0.25) is 0 Å². The van der Waals surface area contributed by atoms with Crippen LogP contribution in [0.1, 0.15) is 37.8 Å². The predicted octanol–water partition coefficient (Wildman–Crippen LogP) is 1.80. The molecule has 0 atom stereocenters. The Kier molecular flexibility index (Phi) is 4.60. The normalized spacial score (nSPS) is 15.7. The molecule has 1 aliphatic rings. The van der Waals surface area contributed by atoms with Crippen molar-refractivity contribution in [1.29, 1.82) is 0 Å². The molecular formula is C14H22N2O2S. The molecular weight excluding hydrogens is 260 g/mol. The Morgan fingerprint density at radius 2 is 2.00 bits per heavy atom. The Hall–Kier alpha value is -0.910. The lowest BCUT2D eigenvalue weighted by Crippen LogP contribution is -2.27. The van der Waals surface area contributed by atoms with Gasteiger partial charge in [0.2, 0.25) is 10.0 Å². The van der Waals surface area contributed by atoms with E-state index >= 15 is 0 Å². The third-order valence-corrected chi connectivity index (χ3v) is 4.88. The molecule has 4 nitrogen and oxygen atoms in total. The van der Waals surface area contributed by atoms with Gasteiger partial charge in [-0.3, -0.25) is 0 Å². The highest BCUT2D eigenvalue weighted by atomic mass is 32.2. The zero-order valence-corrected chi connectivity index (χ0v) is 12.4. The molecule has 1 aliphatic carbocycles. The van der Waals surface area contributed by atoms with Gasteiger partial charge in [0.25, 0.3) is 0 Å². The molecule has 0 radical (unpaired) electrons. The topological polar surface area (TPSA) is 58.2 Å². The van der Waals surface area contributed by atoms with Gasteiger partial charge in [0.15, 0.2) is 0 Å². The zero-order valence-electron chi connectivity index (χ0n) is 11.6. The molecule has 2 N–H and O–H groups in total. The third-order valence-electron chi connectivity index (χ3n) is 3.28. The third kappa shape index (κ3) is 3.78. The molecule has 19 heavy (non-hydrogen) atoms. The lowest BCUT2D eigenvalue weighted by atomic mass is 10.1. The molecule has 5 heteroatoms. The fourth-order valence-electron chi connectivity index (χ4n) is 2.00. The van der Waals surface area contributed by atoms with E-state index in [1.807, 2.05) is 26.0 Å². The van der Waals surface area contributed by atoms with Crippen LogP contribution in [0.4, 0.5) is 0 Å². The second kappa shape index (κ2) is 6.03. The molecule has 0 saturated heterocycles. The van der Waals surface area contributed by atoms with Gasteiger partial charge in [-0.05, 0) is 43.0 Å². The van der Waals surface area contributed by atoms with Gasteiger partial charge in [-0.25, -0.2) is 13.1 Å². The van der Waals surface area contributed by atoms with Gasteiger partial charge in [0.1, 0.15) is 0 Å². The average Bonchev–Trinajstić information content (AvgIpc) is 3.19. The maximum atomic E-state index is 12.4. The van der Waals surface area contributed by atoms with Crippen LogP contribution < -0.4 is 10.0 Å². The van der Waals surface area contributed by atoms with Gasteiger partial charge in [0, 0.05) is 12.6 Å². The molecule has 1 fully saturated rings. The summed E-state index contributed by atoms with van der Waals surface area (Å²) in [4.78, 5) is 0.442. The minimum atomic E-state index is -3.37. The monoisotopic (exact) mass is 282 g/mol. The minimum absolute atomic E-state index is 0.145. The molecule has 0 bridgehead atoms. The van der Waals surface area contributed by atoms with E-state index in [0.717, 1.165) is 36.9 Å². The van der Waals surface area contributed by atoms with Gasteiger partial charge in [0.05, 0.1) is 4.90 Å². The van der Waals surface area contributed by atoms with E-state index < -0.39 is 10.0 Å². The van der Waals surface area contributed by atoms with Crippen LogP contribution in [-0.4, -0.2) is 21.0 Å². The van der Waals surface area contributed by atoms with E-state index in [9.17, 15) is 8.42 Å². The summed E-state index contributed by atoms with van der Waals surface area (Å²) >= 11 is 0. The lowest BCUT2D eigenvalue weighted by molar-refractivity contribution is 0.579. The summed E-state index contributed by atoms with van der Waals surface area (Å²) in [5.74, 6) is 0. The van der Waals surface area contributed by atoms with Crippen LogP contribution in [0.25, 0.3) is 0 Å². The summed E-state index contributed by atoms with van der Waals surface area (Å²) in [6, 6.07) is 5.87. The van der Waals surface area contributed by atoms with Crippen LogP contribution in [0, 0.1) is 0 Å². The van der Waals surface area contributed by atoms with Crippen molar-refractivity contribution in [1.82, 2.24) is 10.0 Å². The first-order valence-electron chi connectivity index (χ1n) is 6.91. The second-order valence-electron chi connectivity index (χ2n) is 4.97. The van der Waals surface area contributed by atoms with E-state index in [4.69, 9.17) is 0 Å². The van der Waals surface area contributed by atoms with Crippen molar-refractivity contribution >= 4 is 10.0 Å². The number of aryl methyl sites for hydroxylation is 1. The lowest BCUT2D eigenvalue weighted by Gasteiger charge is -2.12. The van der Waals surface area contributed by atoms with Gasteiger partial charge >= 0.3 is 0 Å². The molecule has 0 aliphatic heterocycles. The van der Waals surface area contributed by atoms with Crippen molar-refractivity contribution in [2.75, 3.05) is 6.54 Å². The SMILES string of the molecule is CCNCc1ccc(CC)c(S(=O)(=O)NC2CC2)c1. The Morgan fingerprint density at radius 3 is 2.58 bits per heavy atom. The Morgan fingerprint density at radius 1 is 1.26 bits per heavy atom. The molecule has 1 aromatic rings. The van der Waals surface area contributed by atoms with Gasteiger partial charge < -0.3 is 5.32 Å². The van der Waals surface area contributed by atoms with Crippen LogP contribution in [0.5, 0.6) is 0 Å². The van der Waals surface area contributed by atoms with Crippen LogP contribution >= 0.6 is 0 Å². The first kappa shape index (κ1) is 14.5. The highest BCUT2D eigenvalue weighted by Crippen LogP contribution is 2.24. The Labute approximate surface area is 115 Å². The zero-order chi connectivity index (χ0) is 13.9. The smallest absolute Gasteiger partial charge is 0.241 e. The first-order valence-corrected chi connectivity index (χ1v) is 8.40. The molecule has 0 heterocycles. The fourth-order valence-corrected chi connectivity index (χ4v) is 3.67. The van der Waals surface area contributed by atoms with E-state index in [-0.39, 0.29) is 6.04 Å². The number of rotatable bonds is 7. The van der Waals surface area contributed by atoms with Crippen molar-refractivity contribution < 1.29 is 8.42 Å². The first-order chi connectivity index (χ1) is 9.06. The Bertz CT molecular complexity index is 536. The summed E-state index contributed by atoms with van der Waals surface area (Å²) in [6.07, 6.45) is 2.64. The van der Waals surface area contributed by atoms with Crippen LogP contribution in [-0.2, 0) is 23.0 Å². The summed E-state index contributed by atoms with van der Waals surface area (Å²) < 4.78 is 27.5. The summed E-state index contributed by atoms with van der Waals surface area (Å²) in [7, 11) is -3.37. The maximum absolute atomic E-state index is 12.4. The van der Waals surface area contributed by atoms with E-state index in [1.165, 1.54) is 0 Å². The minimum Gasteiger partial charge on any atom is -0.313 e. The van der Waals surface area contributed by atoms with Crippen molar-refractivity contribution in [2.24, 2.45) is 0 Å². The van der Waals surface area contributed by atoms with E-state index in [2.05, 4.69) is 10.0 Å². The number of benzene rings is 1. The second-order valence-corrected chi connectivity index (χ2v) is 6.65. The van der Waals surface area contributed by atoms with E-state index in [1.54, 1.807) is 6.07 Å². The van der Waals surface area contributed by atoms with Gasteiger partial charge in [-0.2, -0.15) is 0 Å². The maximum Gasteiger partial charge on any atom is 0.241 e. The summed E-state index contributed by atoms with van der Waals surface area (Å²) in [5.41, 5.74) is 1.89. The van der Waals surface area contributed by atoms with Crippen molar-refractivity contribution in [3.63, 3.8) is 0 Å². The average molecular weight is 282 g/mol. The van der Waals surface area contributed by atoms with E-state index in [0.29, 0.717) is 11.4 Å². The number of sulfonamides is 1. The molecule has 106 valence electrons. The summed E-state index contributed by atoms with van der Waals surface area (Å²) in [6.45, 7) is 5.59. The van der Waals surface area contributed by atoms with Crippen LogP contribution in [0.15, 0.2) is 23.1 Å². The van der Waals surface area contributed by atoms with Gasteiger partial charge in [-0.15, -0.1) is 0 Å². The molecule has 1 saturated carbocycles. The Balaban J connectivity index is 2.29. The number of hydrogen-bond acceptors (Lipinski definition) is 3. The largest absolute Gasteiger partial charge is 0.313 e. The summed E-state index contributed by atoms with van der Waals surface area (Å²) in [5, 5.41) is 3.22. The van der Waals surface area contributed by atoms with Gasteiger partial charge in [-0.1, -0.05) is 26.0 Å². The number of hydrogen-bond donors (Lipinski definition) is 2. The molecule has 0 spiro atoms. The van der Waals surface area contributed by atoms with Crippen molar-refractivity contribution in [3.8, 4) is 0 Å². The van der Waals surface area contributed by atoms with Crippen molar-refractivity contribution in [3.05, 3.63) is 29.3 Å². The molecule has 0 unspecified atom stereocenters. The standard InChI is InChI=1S/C14H22N2O2S/c1-3-12-6-5-11(10-15-4-2)9-14(12)19(17,18)16-13-7-8-13/h5-6,9,13,15-16H,3-4,7-8,10H2,1-2H3. The van der Waals surface area contributed by atoms with Crippen molar-refractivity contribution in [2.45, 2.75) is 50.6 Å². The highest BCUT2D eigenvalue weighted by molar-refractivity contribution is 7.89. The predicted molar refractivity (Wildman–Crippen MR) is 76.5 cm³/mol. The molecule has 1 aromatic carbocycles. The molecule has 2 rings (SSSR count). The fraction of sp³-hybridized carbons (Fsp3) is 0.571. The number of nitrogens with one attached hydrogen (secondary N) is 2. The quantitative estimate of drug-likeness (QED) is 0.802.